The van der Waals surface area contributed by atoms with Gasteiger partial charge in [-0.1, -0.05) is 77.1 Å². The summed E-state index contributed by atoms with van der Waals surface area (Å²) in [5.74, 6) is 0.831. The van der Waals surface area contributed by atoms with Crippen LogP contribution >= 0.6 is 39.3 Å². The fraction of sp³-hybridized carbons (Fsp3) is 0.440. The van der Waals surface area contributed by atoms with Gasteiger partial charge in [0.15, 0.2) is 0 Å². The Labute approximate surface area is 208 Å². The van der Waals surface area contributed by atoms with Crippen LogP contribution < -0.4 is 5.32 Å². The molecule has 0 spiro atoms. The molecule has 1 fully saturated rings. The molecule has 2 amide bonds. The number of halogens is 2. The summed E-state index contributed by atoms with van der Waals surface area (Å²) in [5, 5.41) is 3.88. The molecule has 0 aromatic heterocycles. The first kappa shape index (κ1) is 25.1. The largest absolute Gasteiger partial charge is 0.352 e. The molecule has 1 N–H and O–H groups in total. The molecule has 0 saturated heterocycles. The van der Waals surface area contributed by atoms with Gasteiger partial charge in [0.25, 0.3) is 0 Å². The maximum Gasteiger partial charge on any atom is 0.242 e. The number of carbonyl (C=O) groups excluding carboxylic acids is 2. The minimum absolute atomic E-state index is 0.0451. The molecule has 2 aromatic carbocycles. The molecule has 0 heterocycles. The zero-order valence-corrected chi connectivity index (χ0v) is 21.5. The third-order valence-corrected chi connectivity index (χ3v) is 7.69. The standard InChI is InChI=1S/C25H30BrClN2O2S/c1-18(25(31)28-22-8-3-2-4-9-22)29(15-19-11-13-21(26)14-12-19)24(30)17-32-16-20-7-5-6-10-23(20)27/h5-7,10-14,18,22H,2-4,8-9,15-17H2,1H3,(H,28,31)/t18-/m0/s1. The Morgan fingerprint density at radius 2 is 1.81 bits per heavy atom. The van der Waals surface area contributed by atoms with Crippen molar-refractivity contribution in [2.45, 2.75) is 63.4 Å². The smallest absolute Gasteiger partial charge is 0.242 e. The van der Waals surface area contributed by atoms with Gasteiger partial charge in [-0.05, 0) is 49.1 Å². The molecule has 2 aromatic rings. The highest BCUT2D eigenvalue weighted by molar-refractivity contribution is 9.10. The molecule has 7 heteroatoms. The van der Waals surface area contributed by atoms with Crippen LogP contribution in [0.4, 0.5) is 0 Å². The van der Waals surface area contributed by atoms with Gasteiger partial charge in [-0.25, -0.2) is 0 Å². The second-order valence-corrected chi connectivity index (χ2v) is 10.6. The van der Waals surface area contributed by atoms with Gasteiger partial charge in [0.05, 0.1) is 5.75 Å². The van der Waals surface area contributed by atoms with E-state index in [0.29, 0.717) is 23.1 Å². The molecule has 0 aliphatic heterocycles. The number of hydrogen-bond acceptors (Lipinski definition) is 3. The number of amides is 2. The Kier molecular flexibility index (Phi) is 9.94. The van der Waals surface area contributed by atoms with Crippen LogP contribution in [-0.2, 0) is 21.9 Å². The van der Waals surface area contributed by atoms with E-state index >= 15 is 0 Å². The van der Waals surface area contributed by atoms with E-state index < -0.39 is 6.04 Å². The van der Waals surface area contributed by atoms with Crippen molar-refractivity contribution in [2.24, 2.45) is 0 Å². The minimum atomic E-state index is -0.533. The van der Waals surface area contributed by atoms with Crippen molar-refractivity contribution in [3.63, 3.8) is 0 Å². The first-order valence-corrected chi connectivity index (χ1v) is 13.4. The molecule has 1 saturated carbocycles. The van der Waals surface area contributed by atoms with Gasteiger partial charge in [0, 0.05) is 27.8 Å². The van der Waals surface area contributed by atoms with Gasteiger partial charge in [-0.2, -0.15) is 0 Å². The molecule has 3 rings (SSSR count). The third kappa shape index (κ3) is 7.53. The van der Waals surface area contributed by atoms with Crippen molar-refractivity contribution >= 4 is 51.1 Å². The molecular formula is C25H30BrClN2O2S. The average Bonchev–Trinajstić information content (AvgIpc) is 2.80. The van der Waals surface area contributed by atoms with Gasteiger partial charge in [0.1, 0.15) is 6.04 Å². The molecule has 1 atom stereocenters. The third-order valence-electron chi connectivity index (χ3n) is 5.83. The summed E-state index contributed by atoms with van der Waals surface area (Å²) in [5.41, 5.74) is 2.00. The summed E-state index contributed by atoms with van der Waals surface area (Å²) in [6.07, 6.45) is 5.58. The second kappa shape index (κ2) is 12.7. The molecule has 172 valence electrons. The van der Waals surface area contributed by atoms with E-state index in [4.69, 9.17) is 11.6 Å². The SMILES string of the molecule is C[C@@H](C(=O)NC1CCCCC1)N(Cc1ccc(Br)cc1)C(=O)CSCc1ccccc1Cl. The van der Waals surface area contributed by atoms with Crippen molar-refractivity contribution < 1.29 is 9.59 Å². The summed E-state index contributed by atoms with van der Waals surface area (Å²) in [7, 11) is 0. The number of nitrogens with one attached hydrogen (secondary N) is 1. The van der Waals surface area contributed by atoms with E-state index in [0.717, 1.165) is 41.3 Å². The van der Waals surface area contributed by atoms with Crippen LogP contribution in [0.15, 0.2) is 53.0 Å². The van der Waals surface area contributed by atoms with Gasteiger partial charge in [0.2, 0.25) is 11.8 Å². The van der Waals surface area contributed by atoms with E-state index in [1.54, 1.807) is 4.90 Å². The van der Waals surface area contributed by atoms with E-state index in [-0.39, 0.29) is 17.9 Å². The van der Waals surface area contributed by atoms with Crippen LogP contribution in [0.3, 0.4) is 0 Å². The summed E-state index contributed by atoms with van der Waals surface area (Å²) >= 11 is 11.2. The maximum absolute atomic E-state index is 13.2. The second-order valence-electron chi connectivity index (χ2n) is 8.25. The lowest BCUT2D eigenvalue weighted by atomic mass is 9.95. The topological polar surface area (TPSA) is 49.4 Å². The molecule has 0 radical (unpaired) electrons. The number of rotatable bonds is 9. The molecule has 1 aliphatic rings. The van der Waals surface area contributed by atoms with E-state index in [9.17, 15) is 9.59 Å². The molecular weight excluding hydrogens is 508 g/mol. The van der Waals surface area contributed by atoms with Gasteiger partial charge < -0.3 is 10.2 Å². The van der Waals surface area contributed by atoms with Crippen molar-refractivity contribution in [2.75, 3.05) is 5.75 Å². The van der Waals surface area contributed by atoms with Crippen molar-refractivity contribution in [1.29, 1.82) is 0 Å². The molecule has 0 unspecified atom stereocenters. The number of hydrogen-bond donors (Lipinski definition) is 1. The predicted molar refractivity (Wildman–Crippen MR) is 137 cm³/mol. The zero-order chi connectivity index (χ0) is 22.9. The molecule has 0 bridgehead atoms. The van der Waals surface area contributed by atoms with Crippen LogP contribution in [0.5, 0.6) is 0 Å². The van der Waals surface area contributed by atoms with Crippen LogP contribution in [0.25, 0.3) is 0 Å². The molecule has 4 nitrogen and oxygen atoms in total. The highest BCUT2D eigenvalue weighted by Gasteiger charge is 2.28. The van der Waals surface area contributed by atoms with Crippen molar-refractivity contribution in [3.05, 3.63) is 69.2 Å². The Morgan fingerprint density at radius 1 is 1.12 bits per heavy atom. The quantitative estimate of drug-likeness (QED) is 0.414. The highest BCUT2D eigenvalue weighted by atomic mass is 79.9. The summed E-state index contributed by atoms with van der Waals surface area (Å²) in [6.45, 7) is 2.23. The van der Waals surface area contributed by atoms with Crippen LogP contribution in [0, 0.1) is 0 Å². The summed E-state index contributed by atoms with van der Waals surface area (Å²) in [4.78, 5) is 27.9. The monoisotopic (exact) mass is 536 g/mol. The zero-order valence-electron chi connectivity index (χ0n) is 18.4. The van der Waals surface area contributed by atoms with Crippen molar-refractivity contribution in [3.8, 4) is 0 Å². The van der Waals surface area contributed by atoms with Crippen molar-refractivity contribution in [1.82, 2.24) is 10.2 Å². The van der Waals surface area contributed by atoms with Gasteiger partial charge in [-0.3, -0.25) is 9.59 Å². The maximum atomic E-state index is 13.2. The van der Waals surface area contributed by atoms with E-state index in [1.807, 2.05) is 55.5 Å². The minimum Gasteiger partial charge on any atom is -0.352 e. The molecule has 1 aliphatic carbocycles. The Bertz CT molecular complexity index is 903. The average molecular weight is 538 g/mol. The van der Waals surface area contributed by atoms with Crippen LogP contribution in [-0.4, -0.2) is 34.6 Å². The Balaban J connectivity index is 1.65. The predicted octanol–water partition coefficient (Wildman–Crippen LogP) is 6.20. The number of benzene rings is 2. The normalized spacial score (nSPS) is 15.2. The van der Waals surface area contributed by atoms with Crippen LogP contribution in [0.1, 0.15) is 50.2 Å². The summed E-state index contributed by atoms with van der Waals surface area (Å²) < 4.78 is 0.984. The Hall–Kier alpha value is -1.50. The summed E-state index contributed by atoms with van der Waals surface area (Å²) in [6, 6.07) is 15.2. The first-order valence-electron chi connectivity index (χ1n) is 11.1. The lowest BCUT2D eigenvalue weighted by Gasteiger charge is -2.31. The van der Waals surface area contributed by atoms with Gasteiger partial charge >= 0.3 is 0 Å². The number of nitrogens with zero attached hydrogens (tertiary/aromatic N) is 1. The van der Waals surface area contributed by atoms with Crippen LogP contribution in [0.2, 0.25) is 5.02 Å². The Morgan fingerprint density at radius 3 is 2.50 bits per heavy atom. The number of thioether (sulfide) groups is 1. The lowest BCUT2D eigenvalue weighted by Crippen LogP contribution is -2.50. The first-order chi connectivity index (χ1) is 15.4. The van der Waals surface area contributed by atoms with Gasteiger partial charge in [-0.15, -0.1) is 11.8 Å². The van der Waals surface area contributed by atoms with E-state index in [1.165, 1.54) is 18.2 Å². The fourth-order valence-electron chi connectivity index (χ4n) is 3.88. The number of carbonyl (C=O) groups is 2. The van der Waals surface area contributed by atoms with E-state index in [2.05, 4.69) is 21.2 Å². The molecule has 32 heavy (non-hydrogen) atoms. The fourth-order valence-corrected chi connectivity index (χ4v) is 5.34. The lowest BCUT2D eigenvalue weighted by molar-refractivity contribution is -0.139. The highest BCUT2D eigenvalue weighted by Crippen LogP contribution is 2.22.